The van der Waals surface area contributed by atoms with Gasteiger partial charge in [-0.05, 0) is 48.9 Å². The molecule has 6 heteroatoms. The van der Waals surface area contributed by atoms with E-state index in [2.05, 4.69) is 0 Å². The quantitative estimate of drug-likeness (QED) is 0.202. The third-order valence-electron chi connectivity index (χ3n) is 8.91. The Hall–Kier alpha value is -4.97. The van der Waals surface area contributed by atoms with E-state index in [9.17, 15) is 14.4 Å². The molecule has 4 aromatic rings. The van der Waals surface area contributed by atoms with Gasteiger partial charge in [0, 0.05) is 33.9 Å². The molecule has 1 fully saturated rings. The van der Waals surface area contributed by atoms with Crippen molar-refractivity contribution >= 4 is 29.1 Å². The second-order valence-electron chi connectivity index (χ2n) is 10.8. The van der Waals surface area contributed by atoms with Crippen LogP contribution in [0.15, 0.2) is 103 Å². The molecule has 7 rings (SSSR count). The molecule has 1 saturated heterocycles. The van der Waals surface area contributed by atoms with E-state index in [0.29, 0.717) is 40.4 Å². The van der Waals surface area contributed by atoms with E-state index in [1.807, 2.05) is 72.5 Å². The van der Waals surface area contributed by atoms with E-state index in [-0.39, 0.29) is 17.3 Å². The van der Waals surface area contributed by atoms with Crippen LogP contribution in [0, 0.1) is 5.41 Å². The largest absolute Gasteiger partial charge is 0.497 e. The highest BCUT2D eigenvalue weighted by Crippen LogP contribution is 2.62. The first-order chi connectivity index (χ1) is 20.5. The molecule has 0 saturated carbocycles. The number of fused-ring (bicyclic) bond motifs is 5. The molecule has 6 nitrogen and oxygen atoms in total. The minimum Gasteiger partial charge on any atom is -0.497 e. The molecule has 3 aliphatic rings. The van der Waals surface area contributed by atoms with E-state index >= 15 is 0 Å². The van der Waals surface area contributed by atoms with Gasteiger partial charge >= 0.3 is 0 Å². The van der Waals surface area contributed by atoms with Crippen molar-refractivity contribution in [2.45, 2.75) is 24.9 Å². The second kappa shape index (κ2) is 9.84. The maximum atomic E-state index is 14.8. The van der Waals surface area contributed by atoms with Crippen LogP contribution in [0.25, 0.3) is 6.08 Å². The lowest BCUT2D eigenvalue weighted by Crippen LogP contribution is -2.48. The summed E-state index contributed by atoms with van der Waals surface area (Å²) in [6.45, 7) is 2.29. The Morgan fingerprint density at radius 1 is 0.833 bits per heavy atom. The monoisotopic (exact) mass is 555 g/mol. The summed E-state index contributed by atoms with van der Waals surface area (Å²) >= 11 is 0. The zero-order valence-electron chi connectivity index (χ0n) is 23.3. The maximum Gasteiger partial charge on any atom is 0.185 e. The summed E-state index contributed by atoms with van der Waals surface area (Å²) in [4.78, 5) is 46.4. The van der Waals surface area contributed by atoms with Crippen LogP contribution < -0.4 is 14.4 Å². The SMILES string of the molecule is CCOc1ccccc1[C@@H]1[C@@H](C(=O)c2ccc(OC)cc2)N2c3ccccc3C=C[C@@H]2C12C(=O)c1ccccc1C2=O. The van der Waals surface area contributed by atoms with Crippen LogP contribution >= 0.6 is 0 Å². The number of carbonyl (C=O) groups is 3. The zero-order valence-corrected chi connectivity index (χ0v) is 23.3. The highest BCUT2D eigenvalue weighted by atomic mass is 16.5. The van der Waals surface area contributed by atoms with Crippen LogP contribution in [0.5, 0.6) is 11.5 Å². The maximum absolute atomic E-state index is 14.8. The number of anilines is 1. The van der Waals surface area contributed by atoms with Crippen LogP contribution in [0.4, 0.5) is 5.69 Å². The van der Waals surface area contributed by atoms with E-state index < -0.39 is 23.4 Å². The fourth-order valence-electron chi connectivity index (χ4n) is 7.21. The molecular weight excluding hydrogens is 526 g/mol. The van der Waals surface area contributed by atoms with Crippen LogP contribution in [-0.2, 0) is 0 Å². The lowest BCUT2D eigenvalue weighted by molar-refractivity contribution is 0.0664. The summed E-state index contributed by atoms with van der Waals surface area (Å²) in [6, 6.07) is 27.7. The molecular formula is C36H29NO5. The lowest BCUT2D eigenvalue weighted by atomic mass is 9.64. The number of para-hydroxylation sites is 2. The van der Waals surface area contributed by atoms with Crippen molar-refractivity contribution in [1.82, 2.24) is 0 Å². The zero-order chi connectivity index (χ0) is 29.0. The van der Waals surface area contributed by atoms with Gasteiger partial charge in [0.15, 0.2) is 17.3 Å². The van der Waals surface area contributed by atoms with Gasteiger partial charge in [-0.15, -0.1) is 0 Å². The van der Waals surface area contributed by atoms with E-state index in [0.717, 1.165) is 11.3 Å². The summed E-state index contributed by atoms with van der Waals surface area (Å²) in [5.74, 6) is -0.341. The Labute approximate surface area is 244 Å². The van der Waals surface area contributed by atoms with Crippen molar-refractivity contribution in [2.75, 3.05) is 18.6 Å². The van der Waals surface area contributed by atoms with E-state index in [4.69, 9.17) is 9.47 Å². The van der Waals surface area contributed by atoms with Gasteiger partial charge in [0.05, 0.1) is 19.8 Å². The molecule has 2 aliphatic heterocycles. The predicted octanol–water partition coefficient (Wildman–Crippen LogP) is 6.41. The molecule has 208 valence electrons. The molecule has 0 radical (unpaired) electrons. The van der Waals surface area contributed by atoms with Gasteiger partial charge in [-0.3, -0.25) is 14.4 Å². The van der Waals surface area contributed by atoms with Gasteiger partial charge in [0.25, 0.3) is 0 Å². The Balaban J connectivity index is 1.54. The number of hydrogen-bond donors (Lipinski definition) is 0. The number of Topliss-reactive ketones (excluding diaryl/α,β-unsaturated/α-hetero) is 3. The van der Waals surface area contributed by atoms with Gasteiger partial charge in [-0.1, -0.05) is 72.8 Å². The average molecular weight is 556 g/mol. The second-order valence-corrected chi connectivity index (χ2v) is 10.8. The highest BCUT2D eigenvalue weighted by Gasteiger charge is 2.71. The van der Waals surface area contributed by atoms with Crippen LogP contribution in [-0.4, -0.2) is 43.2 Å². The van der Waals surface area contributed by atoms with Crippen molar-refractivity contribution in [3.63, 3.8) is 0 Å². The van der Waals surface area contributed by atoms with Gasteiger partial charge in [0.1, 0.15) is 23.0 Å². The van der Waals surface area contributed by atoms with Crippen molar-refractivity contribution in [2.24, 2.45) is 5.41 Å². The van der Waals surface area contributed by atoms with Crippen molar-refractivity contribution in [3.05, 3.63) is 131 Å². The normalized spacial score (nSPS) is 21.2. The number of carbonyl (C=O) groups excluding carboxylic acids is 3. The Bertz CT molecular complexity index is 1740. The molecule has 0 bridgehead atoms. The average Bonchev–Trinajstić information content (AvgIpc) is 3.47. The lowest BCUT2D eigenvalue weighted by Gasteiger charge is -2.37. The fourth-order valence-corrected chi connectivity index (χ4v) is 7.21. The summed E-state index contributed by atoms with van der Waals surface area (Å²) in [5.41, 5.74) is 2.08. The third kappa shape index (κ3) is 3.48. The summed E-state index contributed by atoms with van der Waals surface area (Å²) in [7, 11) is 1.58. The number of benzene rings is 4. The van der Waals surface area contributed by atoms with Gasteiger partial charge in [-0.2, -0.15) is 0 Å². The first-order valence-corrected chi connectivity index (χ1v) is 14.2. The van der Waals surface area contributed by atoms with Crippen LogP contribution in [0.2, 0.25) is 0 Å². The van der Waals surface area contributed by atoms with Crippen molar-refractivity contribution < 1.29 is 23.9 Å². The summed E-state index contributed by atoms with van der Waals surface area (Å²) in [6.07, 6.45) is 3.90. The summed E-state index contributed by atoms with van der Waals surface area (Å²) in [5, 5.41) is 0. The standard InChI is InChI=1S/C36H29NO5/c1-3-42-29-15-9-7-13-27(29)31-32(33(38)23-16-19-24(41-2)20-17-23)37-28-14-8-4-10-22(28)18-21-30(37)36(31)34(39)25-11-5-6-12-26(25)35(36)40/h4-21,30-32H,3H2,1-2H3/t30-,31-,32+/m1/s1. The predicted molar refractivity (Wildman–Crippen MR) is 161 cm³/mol. The molecule has 1 spiro atoms. The number of ketones is 3. The smallest absolute Gasteiger partial charge is 0.185 e. The number of rotatable bonds is 6. The van der Waals surface area contributed by atoms with Gasteiger partial charge < -0.3 is 14.4 Å². The van der Waals surface area contributed by atoms with E-state index in [1.54, 1.807) is 55.6 Å². The number of hydrogen-bond acceptors (Lipinski definition) is 6. The first-order valence-electron chi connectivity index (χ1n) is 14.2. The van der Waals surface area contributed by atoms with Crippen molar-refractivity contribution in [1.29, 1.82) is 0 Å². The molecule has 42 heavy (non-hydrogen) atoms. The molecule has 3 atom stereocenters. The number of ether oxygens (including phenoxy) is 2. The van der Waals surface area contributed by atoms with Gasteiger partial charge in [-0.25, -0.2) is 0 Å². The molecule has 4 aromatic carbocycles. The minimum atomic E-state index is -1.58. The molecule has 0 amide bonds. The number of methoxy groups -OCH3 is 1. The number of nitrogens with zero attached hydrogens (tertiary/aromatic N) is 1. The molecule has 0 N–H and O–H groups in total. The minimum absolute atomic E-state index is 0.183. The first kappa shape index (κ1) is 26.0. The molecule has 2 heterocycles. The van der Waals surface area contributed by atoms with Crippen molar-refractivity contribution in [3.8, 4) is 11.5 Å². The Morgan fingerprint density at radius 2 is 1.48 bits per heavy atom. The van der Waals surface area contributed by atoms with Crippen LogP contribution in [0.1, 0.15) is 55.0 Å². The van der Waals surface area contributed by atoms with Gasteiger partial charge in [0.2, 0.25) is 0 Å². The molecule has 1 aliphatic carbocycles. The Kier molecular flexibility index (Phi) is 6.08. The van der Waals surface area contributed by atoms with E-state index in [1.165, 1.54) is 0 Å². The van der Waals surface area contributed by atoms with Crippen LogP contribution in [0.3, 0.4) is 0 Å². The third-order valence-corrected chi connectivity index (χ3v) is 8.91. The highest BCUT2D eigenvalue weighted by molar-refractivity contribution is 6.32. The topological polar surface area (TPSA) is 72.9 Å². The Morgan fingerprint density at radius 3 is 2.17 bits per heavy atom. The fraction of sp³-hybridized carbons (Fsp3) is 0.194. The summed E-state index contributed by atoms with van der Waals surface area (Å²) < 4.78 is 11.4. The molecule has 0 aromatic heterocycles. The molecule has 0 unspecified atom stereocenters.